The van der Waals surface area contributed by atoms with Gasteiger partial charge in [-0.1, -0.05) is 22.5 Å². The van der Waals surface area contributed by atoms with Crippen LogP contribution in [0.25, 0.3) is 0 Å². The number of allylic oxidation sites excluding steroid dienone is 1. The quantitative estimate of drug-likeness (QED) is 0.570. The zero-order valence-electron chi connectivity index (χ0n) is 7.51. The van der Waals surface area contributed by atoms with Crippen molar-refractivity contribution in [3.63, 3.8) is 0 Å². The molecule has 15 heavy (non-hydrogen) atoms. The molecule has 0 atom stereocenters. The van der Waals surface area contributed by atoms with Gasteiger partial charge in [-0.25, -0.2) is 17.6 Å². The van der Waals surface area contributed by atoms with E-state index in [0.29, 0.717) is 0 Å². The molecule has 0 N–H and O–H groups in total. The van der Waals surface area contributed by atoms with Crippen molar-refractivity contribution in [2.24, 2.45) is 0 Å². The lowest BCUT2D eigenvalue weighted by molar-refractivity contribution is 0.437. The average molecular weight is 282 g/mol. The van der Waals surface area contributed by atoms with Crippen molar-refractivity contribution in [1.82, 2.24) is 0 Å². The predicted octanol–water partition coefficient (Wildman–Crippen LogP) is 3.88. The highest BCUT2D eigenvalue weighted by molar-refractivity contribution is 9.11. The van der Waals surface area contributed by atoms with Gasteiger partial charge in [0.25, 0.3) is 0 Å². The lowest BCUT2D eigenvalue weighted by atomic mass is 10.1. The van der Waals surface area contributed by atoms with Crippen LogP contribution in [0, 0.1) is 30.2 Å². The van der Waals surface area contributed by atoms with Crippen molar-refractivity contribution in [3.05, 3.63) is 52.4 Å². The van der Waals surface area contributed by atoms with E-state index in [0.717, 1.165) is 0 Å². The Labute approximate surface area is 92.7 Å². The first-order valence-corrected chi connectivity index (χ1v) is 4.65. The fourth-order valence-corrected chi connectivity index (χ4v) is 1.35. The van der Waals surface area contributed by atoms with Crippen LogP contribution in [-0.2, 0) is 6.42 Å². The molecule has 1 aromatic rings. The van der Waals surface area contributed by atoms with Gasteiger partial charge < -0.3 is 0 Å². The first-order chi connectivity index (χ1) is 6.86. The lowest BCUT2D eigenvalue weighted by Gasteiger charge is -2.08. The normalized spacial score (nSPS) is 10.5. The minimum absolute atomic E-state index is 0.218. The zero-order valence-corrected chi connectivity index (χ0v) is 9.10. The van der Waals surface area contributed by atoms with Gasteiger partial charge in [0.15, 0.2) is 23.3 Å². The zero-order chi connectivity index (χ0) is 11.7. The molecule has 0 aliphatic heterocycles. The molecule has 0 saturated heterocycles. The maximum Gasteiger partial charge on any atom is 0.165 e. The number of hydrogen-bond acceptors (Lipinski definition) is 0. The van der Waals surface area contributed by atoms with Crippen LogP contribution >= 0.6 is 15.9 Å². The second kappa shape index (κ2) is 4.35. The molecule has 1 rings (SSSR count). The Hall–Kier alpha value is -0.840. The maximum absolute atomic E-state index is 13.2. The van der Waals surface area contributed by atoms with Gasteiger partial charge in [0, 0.05) is 17.5 Å². The van der Waals surface area contributed by atoms with Crippen LogP contribution in [0.15, 0.2) is 11.1 Å². The summed E-state index contributed by atoms with van der Waals surface area (Å²) in [7, 11) is 0. The summed E-state index contributed by atoms with van der Waals surface area (Å²) >= 11 is 2.86. The first-order valence-electron chi connectivity index (χ1n) is 3.86. The smallest absolute Gasteiger partial charge is 0.165 e. The number of benzene rings is 1. The number of rotatable bonds is 2. The van der Waals surface area contributed by atoms with E-state index >= 15 is 0 Å². The summed E-state index contributed by atoms with van der Waals surface area (Å²) < 4.78 is 52.6. The molecule has 1 radical (unpaired) electrons. The van der Waals surface area contributed by atoms with Crippen LogP contribution in [0.3, 0.4) is 0 Å². The highest BCUT2D eigenvalue weighted by atomic mass is 79.9. The molecule has 1 aromatic carbocycles. The van der Waals surface area contributed by atoms with Crippen LogP contribution in [-0.4, -0.2) is 0 Å². The van der Waals surface area contributed by atoms with Crippen molar-refractivity contribution in [2.45, 2.75) is 6.42 Å². The van der Waals surface area contributed by atoms with Gasteiger partial charge in [-0.05, 0) is 11.4 Å². The van der Waals surface area contributed by atoms with Gasteiger partial charge >= 0.3 is 0 Å². The van der Waals surface area contributed by atoms with Crippen LogP contribution in [0.4, 0.5) is 17.6 Å². The molecule has 0 spiro atoms. The van der Waals surface area contributed by atoms with Crippen molar-refractivity contribution >= 4 is 15.9 Å². The topological polar surface area (TPSA) is 0 Å². The SMILES string of the molecule is [CH2]c1c(F)c(F)c(CC(=C)Br)c(F)c1F. The van der Waals surface area contributed by atoms with Gasteiger partial charge in [-0.2, -0.15) is 0 Å². The minimum Gasteiger partial charge on any atom is -0.203 e. The molecular formula is C10H6BrF4. The number of hydrogen-bond donors (Lipinski definition) is 0. The summed E-state index contributed by atoms with van der Waals surface area (Å²) in [5.74, 6) is -5.81. The molecule has 0 aliphatic rings. The summed E-state index contributed by atoms with van der Waals surface area (Å²) in [6.07, 6.45) is -0.328. The van der Waals surface area contributed by atoms with E-state index in [1.807, 2.05) is 0 Å². The molecule has 81 valence electrons. The van der Waals surface area contributed by atoms with Gasteiger partial charge in [0.05, 0.1) is 0 Å². The van der Waals surface area contributed by atoms with Crippen molar-refractivity contribution in [2.75, 3.05) is 0 Å². The third-order valence-corrected chi connectivity index (χ3v) is 2.09. The van der Waals surface area contributed by atoms with Crippen LogP contribution in [0.5, 0.6) is 0 Å². The molecule has 0 unspecified atom stereocenters. The molecule has 0 aliphatic carbocycles. The van der Waals surface area contributed by atoms with E-state index in [1.54, 1.807) is 0 Å². The fraction of sp³-hybridized carbons (Fsp3) is 0.100. The third-order valence-electron chi connectivity index (χ3n) is 1.81. The third kappa shape index (κ3) is 2.22. The highest BCUT2D eigenvalue weighted by Crippen LogP contribution is 2.26. The largest absolute Gasteiger partial charge is 0.203 e. The Morgan fingerprint density at radius 1 is 1.00 bits per heavy atom. The van der Waals surface area contributed by atoms with E-state index in [2.05, 4.69) is 29.4 Å². The molecule has 0 fully saturated rings. The summed E-state index contributed by atoms with van der Waals surface area (Å²) in [4.78, 5) is 0. The maximum atomic E-state index is 13.2. The van der Waals surface area contributed by atoms with E-state index in [-0.39, 0.29) is 10.9 Å². The summed E-state index contributed by atoms with van der Waals surface area (Å²) in [5.41, 5.74) is -1.60. The van der Waals surface area contributed by atoms with Gasteiger partial charge in [-0.3, -0.25) is 0 Å². The molecule has 0 heterocycles. The second-order valence-electron chi connectivity index (χ2n) is 2.91. The van der Waals surface area contributed by atoms with Crippen molar-refractivity contribution in [3.8, 4) is 0 Å². The van der Waals surface area contributed by atoms with Crippen LogP contribution in [0.1, 0.15) is 11.1 Å². The van der Waals surface area contributed by atoms with Crippen LogP contribution in [0.2, 0.25) is 0 Å². The Bertz CT molecular complexity index is 397. The molecule has 0 saturated carbocycles. The molecule has 0 bridgehead atoms. The molecule has 5 heteroatoms. The van der Waals surface area contributed by atoms with E-state index in [9.17, 15) is 17.6 Å². The summed E-state index contributed by atoms with van der Waals surface area (Å²) in [6, 6.07) is 0. The van der Waals surface area contributed by atoms with Gasteiger partial charge in [0.1, 0.15) is 0 Å². The summed E-state index contributed by atoms with van der Waals surface area (Å²) in [5, 5.41) is 0. The molecule has 0 nitrogen and oxygen atoms in total. The Kier molecular flexibility index (Phi) is 3.54. The lowest BCUT2D eigenvalue weighted by Crippen LogP contribution is -2.06. The van der Waals surface area contributed by atoms with E-state index in [1.165, 1.54) is 0 Å². The highest BCUT2D eigenvalue weighted by Gasteiger charge is 2.22. The first kappa shape index (κ1) is 12.2. The fourth-order valence-electron chi connectivity index (χ4n) is 1.07. The van der Waals surface area contributed by atoms with E-state index in [4.69, 9.17) is 0 Å². The van der Waals surface area contributed by atoms with Gasteiger partial charge in [0.2, 0.25) is 0 Å². The Morgan fingerprint density at radius 3 is 1.73 bits per heavy atom. The number of halogens is 5. The van der Waals surface area contributed by atoms with Crippen molar-refractivity contribution < 1.29 is 17.6 Å². The van der Waals surface area contributed by atoms with E-state index < -0.39 is 34.4 Å². The summed E-state index contributed by atoms with van der Waals surface area (Å²) in [6.45, 7) is 6.23. The minimum atomic E-state index is -1.47. The monoisotopic (exact) mass is 281 g/mol. The Balaban J connectivity index is 3.45. The second-order valence-corrected chi connectivity index (χ2v) is 4.03. The average Bonchev–Trinajstić information content (AvgIpc) is 2.18. The van der Waals surface area contributed by atoms with Crippen LogP contribution < -0.4 is 0 Å². The Morgan fingerprint density at radius 2 is 1.40 bits per heavy atom. The standard InChI is InChI=1S/C10H6BrF4/c1-4(11)3-6-9(14)7(12)5(2)8(13)10(6)15/h1-3H2. The van der Waals surface area contributed by atoms with Gasteiger partial charge in [-0.15, -0.1) is 0 Å². The molecular weight excluding hydrogens is 276 g/mol. The van der Waals surface area contributed by atoms with Crippen molar-refractivity contribution in [1.29, 1.82) is 0 Å². The predicted molar refractivity (Wildman–Crippen MR) is 52.5 cm³/mol. The molecule has 0 aromatic heterocycles. The molecule has 0 amide bonds.